The van der Waals surface area contributed by atoms with E-state index in [0.717, 1.165) is 43.7 Å². The fourth-order valence-electron chi connectivity index (χ4n) is 1.94. The minimum atomic E-state index is -0.0826. The van der Waals surface area contributed by atoms with Crippen molar-refractivity contribution in [2.45, 2.75) is 26.2 Å². The molecule has 1 heterocycles. The number of carbonyl (C=O) groups excluding carboxylic acids is 1. The minimum Gasteiger partial charge on any atom is -0.493 e. The Morgan fingerprint density at radius 3 is 3.06 bits per heavy atom. The second-order valence-electron chi connectivity index (χ2n) is 4.12. The zero-order valence-corrected chi connectivity index (χ0v) is 11.3. The summed E-state index contributed by atoms with van der Waals surface area (Å²) in [6, 6.07) is 5.63. The monoisotopic (exact) mass is 270 g/mol. The molecule has 0 saturated heterocycles. The van der Waals surface area contributed by atoms with Gasteiger partial charge in [-0.05, 0) is 31.4 Å². The molecule has 5 heteroatoms. The average molecular weight is 271 g/mol. The van der Waals surface area contributed by atoms with Gasteiger partial charge in [0.05, 0.1) is 6.61 Å². The first kappa shape index (κ1) is 14.8. The molecule has 100 valence electrons. The lowest BCUT2D eigenvalue weighted by atomic mass is 9.99. The van der Waals surface area contributed by atoms with Crippen molar-refractivity contribution in [2.24, 2.45) is 0 Å². The van der Waals surface area contributed by atoms with Crippen molar-refractivity contribution in [1.82, 2.24) is 10.9 Å². The van der Waals surface area contributed by atoms with E-state index in [-0.39, 0.29) is 18.3 Å². The number of hydrogen-bond donors (Lipinski definition) is 2. The van der Waals surface area contributed by atoms with Crippen LogP contribution >= 0.6 is 12.4 Å². The molecule has 18 heavy (non-hydrogen) atoms. The van der Waals surface area contributed by atoms with Crippen LogP contribution in [-0.2, 0) is 6.42 Å². The molecule has 0 aliphatic carbocycles. The first-order valence-electron chi connectivity index (χ1n) is 6.11. The minimum absolute atomic E-state index is 0. The number of amides is 1. The number of hydrazine groups is 1. The molecular weight excluding hydrogens is 252 g/mol. The van der Waals surface area contributed by atoms with Gasteiger partial charge in [0.25, 0.3) is 5.91 Å². The zero-order valence-electron chi connectivity index (χ0n) is 10.5. The van der Waals surface area contributed by atoms with Gasteiger partial charge in [0.2, 0.25) is 0 Å². The van der Waals surface area contributed by atoms with Crippen LogP contribution in [0.2, 0.25) is 0 Å². The summed E-state index contributed by atoms with van der Waals surface area (Å²) < 4.78 is 5.54. The van der Waals surface area contributed by atoms with Crippen LogP contribution in [0, 0.1) is 0 Å². The lowest BCUT2D eigenvalue weighted by Crippen LogP contribution is -2.38. The Balaban J connectivity index is 0.00000162. The molecule has 1 aliphatic rings. The maximum atomic E-state index is 12.0. The van der Waals surface area contributed by atoms with Gasteiger partial charge >= 0.3 is 0 Å². The molecule has 0 fully saturated rings. The highest BCUT2D eigenvalue weighted by molar-refractivity contribution is 5.96. The molecule has 0 bridgehead atoms. The number of carbonyl (C=O) groups is 1. The average Bonchev–Trinajstić information content (AvgIpc) is 2.38. The third-order valence-electron chi connectivity index (χ3n) is 2.78. The molecule has 2 N–H and O–H groups in total. The van der Waals surface area contributed by atoms with Crippen LogP contribution in [0.15, 0.2) is 18.2 Å². The molecule has 1 amide bonds. The number of nitrogens with one attached hydrogen (secondary N) is 2. The Morgan fingerprint density at radius 1 is 1.44 bits per heavy atom. The van der Waals surface area contributed by atoms with Gasteiger partial charge in [-0.25, -0.2) is 5.43 Å². The predicted octanol–water partition coefficient (Wildman–Crippen LogP) is 2.08. The summed E-state index contributed by atoms with van der Waals surface area (Å²) in [6.45, 7) is 3.57. The SMILES string of the molecule is CCCNNC(=O)c1cccc2c1CCCO2.Cl. The number of ether oxygens (including phenoxy) is 1. The summed E-state index contributed by atoms with van der Waals surface area (Å²) >= 11 is 0. The molecule has 1 aromatic carbocycles. The summed E-state index contributed by atoms with van der Waals surface area (Å²) in [5.74, 6) is 0.764. The zero-order chi connectivity index (χ0) is 12.1. The molecule has 0 aromatic heterocycles. The van der Waals surface area contributed by atoms with Gasteiger partial charge in [0.1, 0.15) is 5.75 Å². The van der Waals surface area contributed by atoms with Crippen molar-refractivity contribution >= 4 is 18.3 Å². The normalized spacial score (nSPS) is 12.9. The van der Waals surface area contributed by atoms with E-state index < -0.39 is 0 Å². The fraction of sp³-hybridized carbons (Fsp3) is 0.462. The maximum absolute atomic E-state index is 12.0. The van der Waals surface area contributed by atoms with Crippen LogP contribution in [0.25, 0.3) is 0 Å². The molecule has 2 rings (SSSR count). The number of benzene rings is 1. The van der Waals surface area contributed by atoms with Crippen LogP contribution in [0.3, 0.4) is 0 Å². The maximum Gasteiger partial charge on any atom is 0.265 e. The van der Waals surface area contributed by atoms with Gasteiger partial charge in [0.15, 0.2) is 0 Å². The first-order valence-corrected chi connectivity index (χ1v) is 6.11. The van der Waals surface area contributed by atoms with Crippen molar-refractivity contribution in [2.75, 3.05) is 13.2 Å². The lowest BCUT2D eigenvalue weighted by molar-refractivity contribution is 0.0931. The van der Waals surface area contributed by atoms with Gasteiger partial charge in [-0.15, -0.1) is 12.4 Å². The van der Waals surface area contributed by atoms with Crippen molar-refractivity contribution < 1.29 is 9.53 Å². The van der Waals surface area contributed by atoms with E-state index in [1.54, 1.807) is 0 Å². The number of rotatable bonds is 4. The Hall–Kier alpha value is -1.26. The quantitative estimate of drug-likeness (QED) is 0.651. The smallest absolute Gasteiger partial charge is 0.265 e. The van der Waals surface area contributed by atoms with E-state index in [0.29, 0.717) is 5.56 Å². The molecule has 1 aromatic rings. The molecule has 0 radical (unpaired) electrons. The van der Waals surface area contributed by atoms with Crippen molar-refractivity contribution in [3.8, 4) is 5.75 Å². The Kier molecular flexibility index (Phi) is 5.95. The third-order valence-corrected chi connectivity index (χ3v) is 2.78. The van der Waals surface area contributed by atoms with Crippen molar-refractivity contribution in [1.29, 1.82) is 0 Å². The highest BCUT2D eigenvalue weighted by atomic mass is 35.5. The Labute approximate surface area is 113 Å². The van der Waals surface area contributed by atoms with Crippen LogP contribution in [0.5, 0.6) is 5.75 Å². The highest BCUT2D eigenvalue weighted by Gasteiger charge is 2.18. The Morgan fingerprint density at radius 2 is 2.28 bits per heavy atom. The van der Waals surface area contributed by atoms with E-state index in [1.165, 1.54) is 0 Å². The van der Waals surface area contributed by atoms with Gasteiger partial charge in [-0.3, -0.25) is 10.2 Å². The fourth-order valence-corrected chi connectivity index (χ4v) is 1.94. The van der Waals surface area contributed by atoms with E-state index in [4.69, 9.17) is 4.74 Å². The van der Waals surface area contributed by atoms with Crippen LogP contribution in [0.1, 0.15) is 35.7 Å². The molecular formula is C13H19ClN2O2. The highest BCUT2D eigenvalue weighted by Crippen LogP contribution is 2.27. The predicted molar refractivity (Wildman–Crippen MR) is 73.3 cm³/mol. The summed E-state index contributed by atoms with van der Waals surface area (Å²) in [5, 5.41) is 0. The Bertz CT molecular complexity index is 410. The summed E-state index contributed by atoms with van der Waals surface area (Å²) in [6.07, 6.45) is 2.86. The summed E-state index contributed by atoms with van der Waals surface area (Å²) in [7, 11) is 0. The summed E-state index contributed by atoms with van der Waals surface area (Å²) in [5.41, 5.74) is 7.34. The van der Waals surface area contributed by atoms with Crippen LogP contribution in [-0.4, -0.2) is 19.1 Å². The topological polar surface area (TPSA) is 50.4 Å². The van der Waals surface area contributed by atoms with Crippen LogP contribution in [0.4, 0.5) is 0 Å². The van der Waals surface area contributed by atoms with Crippen molar-refractivity contribution in [3.05, 3.63) is 29.3 Å². The molecule has 0 saturated carbocycles. The number of halogens is 1. The largest absolute Gasteiger partial charge is 0.493 e. The number of fused-ring (bicyclic) bond motifs is 1. The van der Waals surface area contributed by atoms with E-state index in [1.807, 2.05) is 18.2 Å². The molecule has 0 spiro atoms. The van der Waals surface area contributed by atoms with E-state index in [2.05, 4.69) is 17.8 Å². The molecule has 1 aliphatic heterocycles. The van der Waals surface area contributed by atoms with E-state index in [9.17, 15) is 4.79 Å². The van der Waals surface area contributed by atoms with Gasteiger partial charge in [-0.1, -0.05) is 13.0 Å². The second kappa shape index (κ2) is 7.24. The second-order valence-corrected chi connectivity index (χ2v) is 4.12. The van der Waals surface area contributed by atoms with Gasteiger partial charge < -0.3 is 4.74 Å². The standard InChI is InChI=1S/C13H18N2O2.ClH/c1-2-8-14-15-13(16)11-5-3-7-12-10(11)6-4-9-17-12;/h3,5,7,14H,2,4,6,8-9H2,1H3,(H,15,16);1H. The van der Waals surface area contributed by atoms with Crippen molar-refractivity contribution in [3.63, 3.8) is 0 Å². The van der Waals surface area contributed by atoms with E-state index >= 15 is 0 Å². The molecule has 4 nitrogen and oxygen atoms in total. The van der Waals surface area contributed by atoms with Gasteiger partial charge in [-0.2, -0.15) is 0 Å². The number of hydrogen-bond acceptors (Lipinski definition) is 3. The van der Waals surface area contributed by atoms with Gasteiger partial charge in [0, 0.05) is 17.7 Å². The first-order chi connectivity index (χ1) is 8.33. The molecule has 0 unspecified atom stereocenters. The molecule has 0 atom stereocenters. The lowest BCUT2D eigenvalue weighted by Gasteiger charge is -2.19. The third kappa shape index (κ3) is 3.37. The van der Waals surface area contributed by atoms with Crippen LogP contribution < -0.4 is 15.6 Å². The summed E-state index contributed by atoms with van der Waals surface area (Å²) in [4.78, 5) is 12.0.